The number of hydrogen-bond donors (Lipinski definition) is 1. The normalized spacial score (nSPS) is 18.4. The standard InChI is InChI=1S/C27H25FN4O3/c1-3-30(4-2)24(33)17-31-23-12-8-6-10-21(23)27(26(31)35)29-22-11-7-5-9-20(22)25(34)32(27)19-15-13-18(28)14-16-19/h5-16,29H,3-4,17H2,1-2H3. The van der Waals surface area contributed by atoms with Crippen molar-refractivity contribution in [3.05, 3.63) is 89.7 Å². The number of benzene rings is 3. The number of hydrogen-bond acceptors (Lipinski definition) is 4. The van der Waals surface area contributed by atoms with E-state index in [1.54, 1.807) is 53.4 Å². The molecule has 2 aliphatic rings. The molecule has 0 saturated carbocycles. The van der Waals surface area contributed by atoms with Gasteiger partial charge in [0.25, 0.3) is 11.8 Å². The van der Waals surface area contributed by atoms with Gasteiger partial charge in [0.1, 0.15) is 12.4 Å². The van der Waals surface area contributed by atoms with Crippen LogP contribution in [0.1, 0.15) is 29.8 Å². The maximum Gasteiger partial charge on any atom is 0.279 e. The van der Waals surface area contributed by atoms with Crippen LogP contribution in [0.25, 0.3) is 0 Å². The predicted octanol–water partition coefficient (Wildman–Crippen LogP) is 3.97. The number of nitrogens with zero attached hydrogens (tertiary/aromatic N) is 3. The summed E-state index contributed by atoms with van der Waals surface area (Å²) in [4.78, 5) is 45.7. The van der Waals surface area contributed by atoms with Gasteiger partial charge in [-0.15, -0.1) is 0 Å². The first kappa shape index (κ1) is 22.6. The van der Waals surface area contributed by atoms with E-state index in [4.69, 9.17) is 0 Å². The van der Waals surface area contributed by atoms with Gasteiger partial charge in [-0.1, -0.05) is 30.3 Å². The molecule has 0 bridgehead atoms. The van der Waals surface area contributed by atoms with Crippen molar-refractivity contribution in [1.29, 1.82) is 0 Å². The van der Waals surface area contributed by atoms with Crippen molar-refractivity contribution in [3.63, 3.8) is 0 Å². The second kappa shape index (κ2) is 8.54. The van der Waals surface area contributed by atoms with Gasteiger partial charge in [0.15, 0.2) is 0 Å². The lowest BCUT2D eigenvalue weighted by molar-refractivity contribution is -0.131. The molecule has 0 radical (unpaired) electrons. The van der Waals surface area contributed by atoms with Crippen molar-refractivity contribution in [1.82, 2.24) is 4.90 Å². The summed E-state index contributed by atoms with van der Waals surface area (Å²) in [7, 11) is 0. The lowest BCUT2D eigenvalue weighted by atomic mass is 9.92. The van der Waals surface area contributed by atoms with Gasteiger partial charge in [-0.3, -0.25) is 24.2 Å². The smallest absolute Gasteiger partial charge is 0.279 e. The van der Waals surface area contributed by atoms with Crippen molar-refractivity contribution in [2.75, 3.05) is 34.8 Å². The van der Waals surface area contributed by atoms with E-state index < -0.39 is 23.3 Å². The maximum absolute atomic E-state index is 14.3. The molecule has 3 aromatic rings. The molecule has 7 nitrogen and oxygen atoms in total. The van der Waals surface area contributed by atoms with E-state index >= 15 is 0 Å². The number of likely N-dealkylation sites (N-methyl/N-ethyl adjacent to an activating group) is 1. The zero-order valence-corrected chi connectivity index (χ0v) is 19.5. The number of amides is 3. The van der Waals surface area contributed by atoms with Crippen molar-refractivity contribution in [2.24, 2.45) is 0 Å². The molecule has 1 N–H and O–H groups in total. The second-order valence-electron chi connectivity index (χ2n) is 8.47. The number of para-hydroxylation sites is 2. The molecular formula is C27H25FN4O3. The summed E-state index contributed by atoms with van der Waals surface area (Å²) < 4.78 is 13.8. The number of carbonyl (C=O) groups is 3. The van der Waals surface area contributed by atoms with Crippen LogP contribution < -0.4 is 15.1 Å². The van der Waals surface area contributed by atoms with E-state index in [-0.39, 0.29) is 12.5 Å². The molecule has 0 saturated heterocycles. The SMILES string of the molecule is CCN(CC)C(=O)CN1C(=O)C2(Nc3ccccc3C(=O)N2c2ccc(F)cc2)c2ccccc21. The Balaban J connectivity index is 1.71. The minimum atomic E-state index is -1.64. The van der Waals surface area contributed by atoms with E-state index in [1.807, 2.05) is 13.8 Å². The van der Waals surface area contributed by atoms with Crippen LogP contribution in [0.3, 0.4) is 0 Å². The molecule has 8 heteroatoms. The third kappa shape index (κ3) is 3.36. The Morgan fingerprint density at radius 1 is 0.943 bits per heavy atom. The minimum Gasteiger partial charge on any atom is -0.350 e. The highest BCUT2D eigenvalue weighted by Gasteiger charge is 2.60. The van der Waals surface area contributed by atoms with Crippen molar-refractivity contribution >= 4 is 34.8 Å². The molecule has 0 fully saturated rings. The Morgan fingerprint density at radius 3 is 2.31 bits per heavy atom. The quantitative estimate of drug-likeness (QED) is 0.610. The third-order valence-corrected chi connectivity index (χ3v) is 6.65. The Labute approximate surface area is 202 Å². The van der Waals surface area contributed by atoms with E-state index in [0.29, 0.717) is 41.3 Å². The first-order valence-electron chi connectivity index (χ1n) is 11.6. The van der Waals surface area contributed by atoms with Gasteiger partial charge >= 0.3 is 0 Å². The Morgan fingerprint density at radius 2 is 1.60 bits per heavy atom. The Hall–Kier alpha value is -4.20. The summed E-state index contributed by atoms with van der Waals surface area (Å²) in [6.45, 7) is 4.66. The molecule has 3 aromatic carbocycles. The molecular weight excluding hydrogens is 447 g/mol. The van der Waals surface area contributed by atoms with Crippen LogP contribution in [0, 0.1) is 5.82 Å². The van der Waals surface area contributed by atoms with E-state index in [2.05, 4.69) is 5.32 Å². The molecule has 2 aliphatic heterocycles. The average Bonchev–Trinajstić information content (AvgIpc) is 3.09. The summed E-state index contributed by atoms with van der Waals surface area (Å²) in [5.41, 5.74) is 0.720. The first-order valence-corrected chi connectivity index (χ1v) is 11.6. The van der Waals surface area contributed by atoms with Crippen LogP contribution in [-0.4, -0.2) is 42.3 Å². The molecule has 0 aliphatic carbocycles. The minimum absolute atomic E-state index is 0.159. The summed E-state index contributed by atoms with van der Waals surface area (Å²) in [6.07, 6.45) is 0. The fourth-order valence-electron chi connectivity index (χ4n) is 4.94. The van der Waals surface area contributed by atoms with Crippen LogP contribution >= 0.6 is 0 Å². The highest BCUT2D eigenvalue weighted by Crippen LogP contribution is 2.49. The van der Waals surface area contributed by atoms with Gasteiger partial charge in [0.2, 0.25) is 11.6 Å². The zero-order chi connectivity index (χ0) is 24.7. The number of halogens is 1. The largest absolute Gasteiger partial charge is 0.350 e. The summed E-state index contributed by atoms with van der Waals surface area (Å²) in [5.74, 6) is -1.49. The number of anilines is 3. The van der Waals surface area contributed by atoms with E-state index in [0.717, 1.165) is 0 Å². The van der Waals surface area contributed by atoms with Gasteiger partial charge in [-0.05, 0) is 56.3 Å². The molecule has 1 spiro atoms. The molecule has 5 rings (SSSR count). The fraction of sp³-hybridized carbons (Fsp3) is 0.222. The third-order valence-electron chi connectivity index (χ3n) is 6.65. The second-order valence-corrected chi connectivity index (χ2v) is 8.47. The first-order chi connectivity index (χ1) is 16.9. The number of rotatable bonds is 5. The highest BCUT2D eigenvalue weighted by molar-refractivity contribution is 6.23. The van der Waals surface area contributed by atoms with Gasteiger partial charge in [0.05, 0.1) is 11.3 Å². The van der Waals surface area contributed by atoms with Gasteiger partial charge in [-0.2, -0.15) is 0 Å². The lowest BCUT2D eigenvalue weighted by Gasteiger charge is -2.45. The number of carbonyl (C=O) groups excluding carboxylic acids is 3. The fourth-order valence-corrected chi connectivity index (χ4v) is 4.94. The molecule has 35 heavy (non-hydrogen) atoms. The van der Waals surface area contributed by atoms with Crippen molar-refractivity contribution < 1.29 is 18.8 Å². The van der Waals surface area contributed by atoms with Crippen LogP contribution in [0.4, 0.5) is 21.5 Å². The van der Waals surface area contributed by atoms with Crippen molar-refractivity contribution in [3.8, 4) is 0 Å². The molecule has 1 unspecified atom stereocenters. The molecule has 2 heterocycles. The van der Waals surface area contributed by atoms with Gasteiger partial charge < -0.3 is 10.2 Å². The topological polar surface area (TPSA) is 73.0 Å². The van der Waals surface area contributed by atoms with Crippen LogP contribution in [-0.2, 0) is 15.3 Å². The van der Waals surface area contributed by atoms with E-state index in [1.165, 1.54) is 34.1 Å². The average molecular weight is 473 g/mol. The highest BCUT2D eigenvalue weighted by atomic mass is 19.1. The summed E-state index contributed by atoms with van der Waals surface area (Å²) >= 11 is 0. The Kier molecular flexibility index (Phi) is 5.51. The molecule has 0 aromatic heterocycles. The maximum atomic E-state index is 14.3. The molecule has 178 valence electrons. The van der Waals surface area contributed by atoms with Crippen LogP contribution in [0.2, 0.25) is 0 Å². The monoisotopic (exact) mass is 472 g/mol. The number of fused-ring (bicyclic) bond motifs is 3. The molecule has 3 amide bonds. The molecule has 1 atom stereocenters. The van der Waals surface area contributed by atoms with Crippen molar-refractivity contribution in [2.45, 2.75) is 19.5 Å². The van der Waals surface area contributed by atoms with Gasteiger partial charge in [-0.25, -0.2) is 4.39 Å². The van der Waals surface area contributed by atoms with Gasteiger partial charge in [0, 0.05) is 30.0 Å². The lowest BCUT2D eigenvalue weighted by Crippen LogP contribution is -2.63. The van der Waals surface area contributed by atoms with Crippen LogP contribution in [0.5, 0.6) is 0 Å². The van der Waals surface area contributed by atoms with E-state index in [9.17, 15) is 18.8 Å². The zero-order valence-electron chi connectivity index (χ0n) is 19.5. The van der Waals surface area contributed by atoms with Crippen LogP contribution in [0.15, 0.2) is 72.8 Å². The Bertz CT molecular complexity index is 1320. The summed E-state index contributed by atoms with van der Waals surface area (Å²) in [5, 5.41) is 3.33. The summed E-state index contributed by atoms with van der Waals surface area (Å²) in [6, 6.07) is 19.6. The predicted molar refractivity (Wildman–Crippen MR) is 132 cm³/mol. The number of nitrogens with one attached hydrogen (secondary N) is 1.